The Kier molecular flexibility index (Phi) is 10.6. The third-order valence-corrected chi connectivity index (χ3v) is 3.69. The zero-order chi connectivity index (χ0) is 18.9. The predicted octanol–water partition coefficient (Wildman–Crippen LogP) is 3.25. The summed E-state index contributed by atoms with van der Waals surface area (Å²) in [6, 6.07) is 0.432. The zero-order valence-corrected chi connectivity index (χ0v) is 17.6. The van der Waals surface area contributed by atoms with Crippen LogP contribution in [0, 0.1) is 0 Å². The molecule has 0 unspecified atom stereocenters. The van der Waals surface area contributed by atoms with Gasteiger partial charge < -0.3 is 14.8 Å². The fourth-order valence-corrected chi connectivity index (χ4v) is 2.11. The van der Waals surface area contributed by atoms with E-state index in [-0.39, 0.29) is 16.7 Å². The second kappa shape index (κ2) is 10.7. The molecule has 3 N–H and O–H groups in total. The molecule has 0 amide bonds. The van der Waals surface area contributed by atoms with Crippen LogP contribution >= 0.6 is 0 Å². The SMILES string of the molecule is CC(C)NNCCOC(C)(C)CCOC(C)(C)CCNC(C)(C)C. The summed E-state index contributed by atoms with van der Waals surface area (Å²) >= 11 is 0. The van der Waals surface area contributed by atoms with Gasteiger partial charge in [0.25, 0.3) is 0 Å². The summed E-state index contributed by atoms with van der Waals surface area (Å²) in [4.78, 5) is 0. The molecule has 0 spiro atoms. The average Bonchev–Trinajstić information content (AvgIpc) is 2.35. The van der Waals surface area contributed by atoms with Crippen LogP contribution < -0.4 is 16.2 Å². The van der Waals surface area contributed by atoms with E-state index in [0.29, 0.717) is 19.3 Å². The Bertz CT molecular complexity index is 323. The normalized spacial score (nSPS) is 13.8. The van der Waals surface area contributed by atoms with E-state index in [1.165, 1.54) is 0 Å². The molecule has 0 aliphatic heterocycles. The highest BCUT2D eigenvalue weighted by atomic mass is 16.5. The molecule has 5 nitrogen and oxygen atoms in total. The highest BCUT2D eigenvalue weighted by Gasteiger charge is 2.23. The lowest BCUT2D eigenvalue weighted by molar-refractivity contribution is -0.0737. The molecule has 0 atom stereocenters. The van der Waals surface area contributed by atoms with Gasteiger partial charge in [-0.2, -0.15) is 0 Å². The van der Waals surface area contributed by atoms with Crippen molar-refractivity contribution in [3.8, 4) is 0 Å². The molecule has 0 heterocycles. The van der Waals surface area contributed by atoms with Crippen LogP contribution in [0.5, 0.6) is 0 Å². The van der Waals surface area contributed by atoms with E-state index in [0.717, 1.165) is 25.9 Å². The molecule has 0 radical (unpaired) electrons. The van der Waals surface area contributed by atoms with Gasteiger partial charge in [-0.1, -0.05) is 0 Å². The minimum absolute atomic E-state index is 0.114. The van der Waals surface area contributed by atoms with E-state index in [1.54, 1.807) is 0 Å². The summed E-state index contributed by atoms with van der Waals surface area (Å²) in [6.07, 6.45) is 1.89. The number of hydrazine groups is 1. The third kappa shape index (κ3) is 15.3. The van der Waals surface area contributed by atoms with Gasteiger partial charge in [0.15, 0.2) is 0 Å². The van der Waals surface area contributed by atoms with E-state index in [4.69, 9.17) is 9.47 Å². The molecule has 0 saturated carbocycles. The number of rotatable bonds is 13. The number of hydrogen-bond acceptors (Lipinski definition) is 5. The molecule has 0 aliphatic carbocycles. The summed E-state index contributed by atoms with van der Waals surface area (Å²) in [5, 5.41) is 3.51. The van der Waals surface area contributed by atoms with Crippen molar-refractivity contribution in [2.75, 3.05) is 26.3 Å². The Hall–Kier alpha value is -0.200. The van der Waals surface area contributed by atoms with Gasteiger partial charge in [-0.3, -0.25) is 10.9 Å². The van der Waals surface area contributed by atoms with Crippen LogP contribution in [0.25, 0.3) is 0 Å². The van der Waals surface area contributed by atoms with Gasteiger partial charge in [0.1, 0.15) is 0 Å². The van der Waals surface area contributed by atoms with Crippen LogP contribution in [0.1, 0.15) is 75.2 Å². The first-order valence-corrected chi connectivity index (χ1v) is 9.34. The average molecular weight is 346 g/mol. The Labute approximate surface area is 150 Å². The van der Waals surface area contributed by atoms with Crippen LogP contribution in [0.2, 0.25) is 0 Å². The molecular weight excluding hydrogens is 302 g/mol. The Morgan fingerprint density at radius 3 is 1.83 bits per heavy atom. The second-order valence-corrected chi connectivity index (χ2v) is 9.12. The van der Waals surface area contributed by atoms with Crippen molar-refractivity contribution in [2.24, 2.45) is 0 Å². The Balaban J connectivity index is 3.88. The lowest BCUT2D eigenvalue weighted by Gasteiger charge is -2.31. The summed E-state index contributed by atoms with van der Waals surface area (Å²) in [7, 11) is 0. The molecule has 0 aromatic carbocycles. The molecule has 146 valence electrons. The second-order valence-electron chi connectivity index (χ2n) is 9.12. The summed E-state index contributed by atoms with van der Waals surface area (Å²) < 4.78 is 12.0. The molecule has 0 aliphatic rings. The van der Waals surface area contributed by atoms with Gasteiger partial charge in [0, 0.05) is 18.1 Å². The van der Waals surface area contributed by atoms with Crippen molar-refractivity contribution in [2.45, 2.75) is 97.9 Å². The summed E-state index contributed by atoms with van der Waals surface area (Å²) in [5.74, 6) is 0. The smallest absolute Gasteiger partial charge is 0.0649 e. The fraction of sp³-hybridized carbons (Fsp3) is 1.00. The van der Waals surface area contributed by atoms with Gasteiger partial charge in [0.05, 0.1) is 24.4 Å². The molecule has 0 rings (SSSR count). The van der Waals surface area contributed by atoms with Crippen LogP contribution in [0.15, 0.2) is 0 Å². The molecule has 0 aromatic heterocycles. The first-order valence-electron chi connectivity index (χ1n) is 9.34. The Morgan fingerprint density at radius 2 is 1.29 bits per heavy atom. The summed E-state index contributed by atoms with van der Waals surface area (Å²) in [6.45, 7) is 22.5. The molecule has 0 aromatic rings. The maximum Gasteiger partial charge on any atom is 0.0649 e. The molecule has 0 saturated heterocycles. The third-order valence-electron chi connectivity index (χ3n) is 3.69. The number of ether oxygens (including phenoxy) is 2. The topological polar surface area (TPSA) is 54.5 Å². The largest absolute Gasteiger partial charge is 0.375 e. The quantitative estimate of drug-likeness (QED) is 0.353. The Morgan fingerprint density at radius 1 is 0.750 bits per heavy atom. The minimum Gasteiger partial charge on any atom is -0.375 e. The van der Waals surface area contributed by atoms with Crippen molar-refractivity contribution < 1.29 is 9.47 Å². The van der Waals surface area contributed by atoms with Gasteiger partial charge >= 0.3 is 0 Å². The van der Waals surface area contributed by atoms with Gasteiger partial charge in [-0.05, 0) is 81.7 Å². The van der Waals surface area contributed by atoms with E-state index in [9.17, 15) is 0 Å². The maximum absolute atomic E-state index is 6.09. The van der Waals surface area contributed by atoms with Gasteiger partial charge in [-0.15, -0.1) is 0 Å². The monoisotopic (exact) mass is 345 g/mol. The van der Waals surface area contributed by atoms with Crippen molar-refractivity contribution in [3.05, 3.63) is 0 Å². The first-order chi connectivity index (χ1) is 10.8. The van der Waals surface area contributed by atoms with E-state index >= 15 is 0 Å². The van der Waals surface area contributed by atoms with E-state index in [2.05, 4.69) is 78.5 Å². The number of nitrogens with one attached hydrogen (secondary N) is 3. The standard InChI is InChI=1S/C19H43N3O2/c1-16(2)22-21-13-15-24-19(8,9)11-14-23-18(6,7)10-12-20-17(3,4)5/h16,20-22H,10-15H2,1-9H3. The van der Waals surface area contributed by atoms with E-state index in [1.807, 2.05) is 0 Å². The van der Waals surface area contributed by atoms with Crippen molar-refractivity contribution in [1.82, 2.24) is 16.2 Å². The number of hydrogen-bond donors (Lipinski definition) is 3. The van der Waals surface area contributed by atoms with Gasteiger partial charge in [-0.25, -0.2) is 0 Å². The van der Waals surface area contributed by atoms with Crippen LogP contribution in [0.4, 0.5) is 0 Å². The molecule has 0 bridgehead atoms. The van der Waals surface area contributed by atoms with Crippen molar-refractivity contribution >= 4 is 0 Å². The minimum atomic E-state index is -0.167. The van der Waals surface area contributed by atoms with Gasteiger partial charge in [0.2, 0.25) is 0 Å². The van der Waals surface area contributed by atoms with Crippen LogP contribution in [0.3, 0.4) is 0 Å². The maximum atomic E-state index is 6.09. The summed E-state index contributed by atoms with van der Waals surface area (Å²) in [5.41, 5.74) is 6.20. The lowest BCUT2D eigenvalue weighted by atomic mass is 10.0. The lowest BCUT2D eigenvalue weighted by Crippen LogP contribution is -2.41. The molecule has 24 heavy (non-hydrogen) atoms. The van der Waals surface area contributed by atoms with Crippen LogP contribution in [-0.4, -0.2) is 49.1 Å². The predicted molar refractivity (Wildman–Crippen MR) is 103 cm³/mol. The van der Waals surface area contributed by atoms with Crippen LogP contribution in [-0.2, 0) is 9.47 Å². The molecule has 0 fully saturated rings. The van der Waals surface area contributed by atoms with E-state index < -0.39 is 0 Å². The highest BCUT2D eigenvalue weighted by molar-refractivity contribution is 4.76. The highest BCUT2D eigenvalue weighted by Crippen LogP contribution is 2.19. The zero-order valence-electron chi connectivity index (χ0n) is 17.6. The van der Waals surface area contributed by atoms with Crippen molar-refractivity contribution in [1.29, 1.82) is 0 Å². The molecular formula is C19H43N3O2. The van der Waals surface area contributed by atoms with Crippen molar-refractivity contribution in [3.63, 3.8) is 0 Å². The fourth-order valence-electron chi connectivity index (χ4n) is 2.11. The first kappa shape index (κ1) is 23.8. The molecule has 5 heteroatoms.